The Morgan fingerprint density at radius 2 is 1.69 bits per heavy atom. The third kappa shape index (κ3) is 7.29. The van der Waals surface area contributed by atoms with Crippen LogP contribution in [0.1, 0.15) is 42.7 Å². The number of hydrogen-bond acceptors (Lipinski definition) is 5. The van der Waals surface area contributed by atoms with Crippen LogP contribution in [0.2, 0.25) is 0 Å². The number of piperidine rings is 1. The number of amides is 3. The Morgan fingerprint density at radius 1 is 0.976 bits per heavy atom. The van der Waals surface area contributed by atoms with Crippen molar-refractivity contribution in [2.75, 3.05) is 39.0 Å². The van der Waals surface area contributed by atoms with E-state index in [-0.39, 0.29) is 47.9 Å². The number of halogens is 3. The lowest BCUT2D eigenvalue weighted by molar-refractivity contribution is -0.274. The molecule has 3 aliphatic rings. The van der Waals surface area contributed by atoms with Gasteiger partial charge in [0.2, 0.25) is 17.7 Å². The number of rotatable bonds is 7. The molecule has 2 saturated heterocycles. The minimum Gasteiger partial charge on any atom is -0.406 e. The molecular weight excluding hydrogens is 567 g/mol. The van der Waals surface area contributed by atoms with E-state index >= 15 is 0 Å². The van der Waals surface area contributed by atoms with Crippen LogP contribution in [0, 0.1) is 5.92 Å². The molecule has 2 aromatic carbocycles. The molecule has 1 aliphatic carbocycles. The van der Waals surface area contributed by atoms with Gasteiger partial charge in [-0.05, 0) is 79.3 Å². The maximum Gasteiger partial charge on any atom is 0.573 e. The zero-order valence-corrected chi connectivity index (χ0v) is 24.2. The van der Waals surface area contributed by atoms with Crippen LogP contribution >= 0.6 is 11.8 Å². The highest BCUT2D eigenvalue weighted by Gasteiger charge is 2.40. The smallest absolute Gasteiger partial charge is 0.406 e. The first-order valence-electron chi connectivity index (χ1n) is 14.1. The number of thioether (sulfide) groups is 1. The molecule has 224 valence electrons. The van der Waals surface area contributed by atoms with E-state index < -0.39 is 6.36 Å². The fraction of sp³-hybridized carbons (Fsp3) is 0.452. The van der Waals surface area contributed by atoms with Crippen LogP contribution in [-0.4, -0.2) is 83.8 Å². The summed E-state index contributed by atoms with van der Waals surface area (Å²) in [4.78, 5) is 45.4. The van der Waals surface area contributed by atoms with Crippen LogP contribution in [0.4, 0.5) is 13.2 Å². The Morgan fingerprint density at radius 3 is 2.33 bits per heavy atom. The van der Waals surface area contributed by atoms with Crippen molar-refractivity contribution in [3.8, 4) is 5.75 Å². The number of benzene rings is 2. The molecule has 2 heterocycles. The van der Waals surface area contributed by atoms with Crippen molar-refractivity contribution in [3.63, 3.8) is 0 Å². The number of nitrogens with zero attached hydrogens (tertiary/aromatic N) is 3. The summed E-state index contributed by atoms with van der Waals surface area (Å²) < 4.78 is 41.2. The Balaban J connectivity index is 1.09. The summed E-state index contributed by atoms with van der Waals surface area (Å²) in [6.45, 7) is 2.04. The maximum absolute atomic E-state index is 13.3. The molecule has 1 atom stereocenters. The highest BCUT2D eigenvalue weighted by Crippen LogP contribution is 2.43. The van der Waals surface area contributed by atoms with E-state index in [4.69, 9.17) is 0 Å². The van der Waals surface area contributed by atoms with Gasteiger partial charge in [0.1, 0.15) is 12.3 Å². The Kier molecular flexibility index (Phi) is 9.15. The normalized spacial score (nSPS) is 23.2. The van der Waals surface area contributed by atoms with Gasteiger partial charge in [-0.1, -0.05) is 24.3 Å². The Hall–Kier alpha value is -3.47. The molecule has 2 aliphatic heterocycles. The van der Waals surface area contributed by atoms with E-state index in [0.717, 1.165) is 28.9 Å². The first-order valence-corrected chi connectivity index (χ1v) is 15.4. The van der Waals surface area contributed by atoms with Crippen molar-refractivity contribution in [1.29, 1.82) is 0 Å². The lowest BCUT2D eigenvalue weighted by Crippen LogP contribution is -2.59. The zero-order chi connectivity index (χ0) is 29.9. The highest BCUT2D eigenvalue weighted by atomic mass is 32.2. The summed E-state index contributed by atoms with van der Waals surface area (Å²) >= 11 is 1.65. The van der Waals surface area contributed by atoms with Gasteiger partial charge >= 0.3 is 6.36 Å². The van der Waals surface area contributed by atoms with Gasteiger partial charge in [-0.15, -0.1) is 24.9 Å². The summed E-state index contributed by atoms with van der Waals surface area (Å²) in [6, 6.07) is 13.7. The van der Waals surface area contributed by atoms with Gasteiger partial charge in [0.15, 0.2) is 0 Å². The number of alkyl halides is 3. The Labute approximate surface area is 247 Å². The van der Waals surface area contributed by atoms with Gasteiger partial charge in [0, 0.05) is 49.1 Å². The molecule has 2 aromatic rings. The van der Waals surface area contributed by atoms with Crippen LogP contribution < -0.4 is 4.74 Å². The van der Waals surface area contributed by atoms with Gasteiger partial charge in [0.25, 0.3) is 0 Å². The quantitative estimate of drug-likeness (QED) is 0.323. The van der Waals surface area contributed by atoms with Gasteiger partial charge in [-0.3, -0.25) is 14.4 Å². The highest BCUT2D eigenvalue weighted by molar-refractivity contribution is 7.98. The largest absolute Gasteiger partial charge is 0.573 e. The van der Waals surface area contributed by atoms with Crippen molar-refractivity contribution in [2.45, 2.75) is 48.9 Å². The van der Waals surface area contributed by atoms with Crippen LogP contribution in [0.15, 0.2) is 59.5 Å². The third-order valence-corrected chi connectivity index (χ3v) is 9.07. The molecule has 1 saturated carbocycles. The number of piperazine rings is 1. The summed E-state index contributed by atoms with van der Waals surface area (Å²) in [6.07, 6.45) is 3.46. The first-order chi connectivity index (χ1) is 20.1. The first kappa shape index (κ1) is 30.0. The molecule has 7 nitrogen and oxygen atoms in total. The van der Waals surface area contributed by atoms with E-state index in [1.54, 1.807) is 34.9 Å². The average Bonchev–Trinajstić information content (AvgIpc) is 2.95. The van der Waals surface area contributed by atoms with Crippen molar-refractivity contribution < 1.29 is 32.3 Å². The minimum atomic E-state index is -4.73. The SMILES string of the molecule is CSc1ccc(/C=C/C(=O)N2CCN(C3CCCN(C(=O)C4CC(c5ccc(OC(F)(F)F)cc5)C4)C3)C(=O)C2)cc1. The predicted octanol–water partition coefficient (Wildman–Crippen LogP) is 5.18. The Bertz CT molecular complexity index is 1310. The monoisotopic (exact) mass is 601 g/mol. The van der Waals surface area contributed by atoms with Crippen LogP contribution in [0.3, 0.4) is 0 Å². The van der Waals surface area contributed by atoms with Crippen molar-refractivity contribution in [3.05, 3.63) is 65.7 Å². The van der Waals surface area contributed by atoms with Gasteiger partial charge in [-0.25, -0.2) is 0 Å². The van der Waals surface area contributed by atoms with Crippen LogP contribution in [0.25, 0.3) is 6.08 Å². The molecule has 3 fully saturated rings. The molecular formula is C31H34F3N3O4S. The number of hydrogen-bond donors (Lipinski definition) is 0. The summed E-state index contributed by atoms with van der Waals surface area (Å²) in [5.41, 5.74) is 1.82. The molecule has 42 heavy (non-hydrogen) atoms. The standard InChI is InChI=1S/C31H34F3N3O4S/c1-42-27-11-4-21(5-12-27)6-13-28(38)35-15-16-37(29(39)20-35)25-3-2-14-36(19-25)30(40)24-17-23(18-24)22-7-9-26(10-8-22)41-31(32,33)34/h4-13,23-25H,2-3,14-20H2,1H3/b13-6+. The van der Waals surface area contributed by atoms with Crippen molar-refractivity contribution in [2.24, 2.45) is 5.92 Å². The molecule has 0 spiro atoms. The van der Waals surface area contributed by atoms with Gasteiger partial charge < -0.3 is 19.4 Å². The molecule has 11 heteroatoms. The molecule has 0 aromatic heterocycles. The number of carbonyl (C=O) groups excluding carboxylic acids is 3. The van der Waals surface area contributed by atoms with Gasteiger partial charge in [0.05, 0.1) is 0 Å². The zero-order valence-electron chi connectivity index (χ0n) is 23.4. The van der Waals surface area contributed by atoms with Crippen LogP contribution in [-0.2, 0) is 14.4 Å². The third-order valence-electron chi connectivity index (χ3n) is 8.32. The van der Waals surface area contributed by atoms with Crippen molar-refractivity contribution >= 4 is 35.6 Å². The number of carbonyl (C=O) groups is 3. The lowest BCUT2D eigenvalue weighted by Gasteiger charge is -2.45. The van der Waals surface area contributed by atoms with E-state index in [0.29, 0.717) is 39.0 Å². The fourth-order valence-corrected chi connectivity index (χ4v) is 6.36. The van der Waals surface area contributed by atoms with Crippen LogP contribution in [0.5, 0.6) is 5.75 Å². The second-order valence-corrected chi connectivity index (χ2v) is 11.9. The summed E-state index contributed by atoms with van der Waals surface area (Å²) in [5, 5.41) is 0. The fourth-order valence-electron chi connectivity index (χ4n) is 5.95. The molecule has 3 amide bonds. The lowest BCUT2D eigenvalue weighted by atomic mass is 9.70. The molecule has 0 radical (unpaired) electrons. The number of likely N-dealkylation sites (tertiary alicyclic amines) is 1. The van der Waals surface area contributed by atoms with E-state index in [2.05, 4.69) is 4.74 Å². The van der Waals surface area contributed by atoms with E-state index in [1.165, 1.54) is 18.2 Å². The molecule has 0 bridgehead atoms. The molecule has 5 rings (SSSR count). The predicted molar refractivity (Wildman–Crippen MR) is 154 cm³/mol. The summed E-state index contributed by atoms with van der Waals surface area (Å²) in [7, 11) is 0. The van der Waals surface area contributed by atoms with E-state index in [9.17, 15) is 27.6 Å². The second kappa shape index (κ2) is 12.8. The second-order valence-electron chi connectivity index (χ2n) is 11.0. The van der Waals surface area contributed by atoms with E-state index in [1.807, 2.05) is 40.3 Å². The maximum atomic E-state index is 13.3. The topological polar surface area (TPSA) is 70.2 Å². The minimum absolute atomic E-state index is 0.0239. The average molecular weight is 602 g/mol. The van der Waals surface area contributed by atoms with Gasteiger partial charge in [-0.2, -0.15) is 0 Å². The summed E-state index contributed by atoms with van der Waals surface area (Å²) in [5.74, 6) is -0.493. The molecule has 1 unspecified atom stereocenters. The molecule has 0 N–H and O–H groups in total. The van der Waals surface area contributed by atoms with Crippen molar-refractivity contribution in [1.82, 2.24) is 14.7 Å². The number of ether oxygens (including phenoxy) is 1.